The van der Waals surface area contributed by atoms with Crippen LogP contribution in [0.5, 0.6) is 0 Å². The van der Waals surface area contributed by atoms with Crippen molar-refractivity contribution in [3.63, 3.8) is 0 Å². The Bertz CT molecular complexity index is 523. The number of nitrogens with zero attached hydrogens (tertiary/aromatic N) is 2. The van der Waals surface area contributed by atoms with E-state index in [1.54, 1.807) is 7.11 Å². The number of nitrogens with one attached hydrogen (secondary N) is 1. The van der Waals surface area contributed by atoms with Crippen LogP contribution in [0.25, 0.3) is 0 Å². The first-order valence-corrected chi connectivity index (χ1v) is 6.71. The standard InChI is InChI=1S/C14H21N3O3/c1-14(2,3)11(20-4)12-16-9-7-15-6-5-8(9)10(17-12)13(18)19/h11,15H,5-7H2,1-4H3,(H,18,19). The van der Waals surface area contributed by atoms with Crippen LogP contribution in [0, 0.1) is 5.41 Å². The van der Waals surface area contributed by atoms with Crippen molar-refractivity contribution in [1.29, 1.82) is 0 Å². The molecule has 0 aliphatic carbocycles. The highest BCUT2D eigenvalue weighted by molar-refractivity contribution is 5.87. The van der Waals surface area contributed by atoms with Gasteiger partial charge in [-0.2, -0.15) is 0 Å². The molecule has 2 N–H and O–H groups in total. The number of aromatic nitrogens is 2. The summed E-state index contributed by atoms with van der Waals surface area (Å²) in [4.78, 5) is 20.2. The van der Waals surface area contributed by atoms with Gasteiger partial charge >= 0.3 is 5.97 Å². The number of methoxy groups -OCH3 is 1. The Morgan fingerprint density at radius 2 is 2.10 bits per heavy atom. The van der Waals surface area contributed by atoms with Gasteiger partial charge in [0.1, 0.15) is 6.10 Å². The normalized spacial score (nSPS) is 16.6. The zero-order valence-corrected chi connectivity index (χ0v) is 12.4. The van der Waals surface area contributed by atoms with E-state index in [2.05, 4.69) is 15.3 Å². The Morgan fingerprint density at radius 3 is 2.65 bits per heavy atom. The number of aromatic carboxylic acids is 1. The van der Waals surface area contributed by atoms with Crippen LogP contribution in [0.15, 0.2) is 0 Å². The van der Waals surface area contributed by atoms with Crippen LogP contribution < -0.4 is 5.32 Å². The van der Waals surface area contributed by atoms with Crippen molar-refractivity contribution >= 4 is 5.97 Å². The highest BCUT2D eigenvalue weighted by Gasteiger charge is 2.31. The Balaban J connectivity index is 2.55. The predicted octanol–water partition coefficient (Wildman–Crippen LogP) is 1.55. The molecule has 1 aromatic heterocycles. The van der Waals surface area contributed by atoms with Gasteiger partial charge in [0.2, 0.25) is 0 Å². The third kappa shape index (κ3) is 2.81. The minimum absolute atomic E-state index is 0.109. The average molecular weight is 279 g/mol. The van der Waals surface area contributed by atoms with Gasteiger partial charge in [0.15, 0.2) is 11.5 Å². The first-order chi connectivity index (χ1) is 9.34. The molecule has 20 heavy (non-hydrogen) atoms. The number of fused-ring (bicyclic) bond motifs is 1. The van der Waals surface area contributed by atoms with Crippen molar-refractivity contribution in [1.82, 2.24) is 15.3 Å². The van der Waals surface area contributed by atoms with Gasteiger partial charge in [0, 0.05) is 19.2 Å². The van der Waals surface area contributed by atoms with E-state index in [1.165, 1.54) is 0 Å². The maximum atomic E-state index is 11.4. The van der Waals surface area contributed by atoms with Crippen LogP contribution in [0.2, 0.25) is 0 Å². The average Bonchev–Trinajstić information content (AvgIpc) is 2.36. The van der Waals surface area contributed by atoms with Crippen LogP contribution in [0.1, 0.15) is 54.4 Å². The molecule has 1 aromatic rings. The summed E-state index contributed by atoms with van der Waals surface area (Å²) < 4.78 is 5.49. The molecular weight excluding hydrogens is 258 g/mol. The molecule has 0 saturated heterocycles. The smallest absolute Gasteiger partial charge is 0.354 e. The molecule has 2 rings (SSSR count). The topological polar surface area (TPSA) is 84.3 Å². The third-order valence-corrected chi connectivity index (χ3v) is 3.41. The SMILES string of the molecule is COC(c1nc2c(c(C(=O)O)n1)CCNC2)C(C)(C)C. The minimum atomic E-state index is -1.00. The van der Waals surface area contributed by atoms with Crippen molar-refractivity contribution in [3.8, 4) is 0 Å². The Kier molecular flexibility index (Phi) is 4.06. The van der Waals surface area contributed by atoms with Crippen molar-refractivity contribution in [2.45, 2.75) is 39.8 Å². The minimum Gasteiger partial charge on any atom is -0.477 e. The predicted molar refractivity (Wildman–Crippen MR) is 73.6 cm³/mol. The Labute approximate surface area is 118 Å². The molecule has 1 aliphatic rings. The van der Waals surface area contributed by atoms with Gasteiger partial charge in [-0.1, -0.05) is 20.8 Å². The second kappa shape index (κ2) is 5.46. The molecule has 1 atom stereocenters. The summed E-state index contributed by atoms with van der Waals surface area (Å²) in [6.07, 6.45) is 0.303. The second-order valence-corrected chi connectivity index (χ2v) is 6.07. The van der Waals surface area contributed by atoms with Gasteiger partial charge in [0.25, 0.3) is 0 Å². The van der Waals surface area contributed by atoms with Crippen LogP contribution >= 0.6 is 0 Å². The zero-order valence-electron chi connectivity index (χ0n) is 12.4. The highest BCUT2D eigenvalue weighted by atomic mass is 16.5. The van der Waals surface area contributed by atoms with E-state index >= 15 is 0 Å². The maximum absolute atomic E-state index is 11.4. The molecule has 0 fully saturated rings. The number of hydrogen-bond donors (Lipinski definition) is 2. The Hall–Kier alpha value is -1.53. The van der Waals surface area contributed by atoms with E-state index in [-0.39, 0.29) is 17.2 Å². The summed E-state index contributed by atoms with van der Waals surface area (Å²) in [5.41, 5.74) is 1.41. The van der Waals surface area contributed by atoms with Gasteiger partial charge in [-0.25, -0.2) is 14.8 Å². The largest absolute Gasteiger partial charge is 0.477 e. The number of carboxylic acids is 1. The molecule has 0 radical (unpaired) electrons. The molecule has 0 bridgehead atoms. The Morgan fingerprint density at radius 1 is 1.40 bits per heavy atom. The molecular formula is C14H21N3O3. The van der Waals surface area contributed by atoms with Crippen molar-refractivity contribution in [2.24, 2.45) is 5.41 Å². The van der Waals surface area contributed by atoms with E-state index in [4.69, 9.17) is 4.74 Å². The first-order valence-electron chi connectivity index (χ1n) is 6.71. The number of hydrogen-bond acceptors (Lipinski definition) is 5. The van der Waals surface area contributed by atoms with E-state index in [0.717, 1.165) is 17.8 Å². The van der Waals surface area contributed by atoms with E-state index in [9.17, 15) is 9.90 Å². The van der Waals surface area contributed by atoms with E-state index < -0.39 is 5.97 Å². The number of carboxylic acid groups (broad SMARTS) is 1. The van der Waals surface area contributed by atoms with Crippen molar-refractivity contribution < 1.29 is 14.6 Å². The van der Waals surface area contributed by atoms with Crippen LogP contribution in [-0.2, 0) is 17.7 Å². The fraction of sp³-hybridized carbons (Fsp3) is 0.643. The number of carbonyl (C=O) groups is 1. The van der Waals surface area contributed by atoms with E-state index in [0.29, 0.717) is 18.8 Å². The summed E-state index contributed by atoms with van der Waals surface area (Å²) in [5, 5.41) is 12.6. The lowest BCUT2D eigenvalue weighted by Gasteiger charge is -2.29. The van der Waals surface area contributed by atoms with Crippen LogP contribution in [0.4, 0.5) is 0 Å². The molecule has 2 heterocycles. The third-order valence-electron chi connectivity index (χ3n) is 3.41. The summed E-state index contributed by atoms with van der Waals surface area (Å²) in [6.45, 7) is 7.38. The fourth-order valence-electron chi connectivity index (χ4n) is 2.52. The van der Waals surface area contributed by atoms with Gasteiger partial charge in [-0.3, -0.25) is 0 Å². The number of ether oxygens (including phenoxy) is 1. The summed E-state index contributed by atoms with van der Waals surface area (Å²) in [7, 11) is 1.59. The lowest BCUT2D eigenvalue weighted by atomic mass is 9.88. The molecule has 0 saturated carbocycles. The molecule has 0 amide bonds. The highest BCUT2D eigenvalue weighted by Crippen LogP contribution is 2.34. The summed E-state index contributed by atoms with van der Waals surface area (Å²) >= 11 is 0. The first kappa shape index (κ1) is 14.9. The van der Waals surface area contributed by atoms with Crippen molar-refractivity contribution in [3.05, 3.63) is 22.8 Å². The van der Waals surface area contributed by atoms with E-state index in [1.807, 2.05) is 20.8 Å². The fourth-order valence-corrected chi connectivity index (χ4v) is 2.52. The molecule has 110 valence electrons. The van der Waals surface area contributed by atoms with Gasteiger partial charge in [-0.05, 0) is 18.4 Å². The molecule has 0 spiro atoms. The quantitative estimate of drug-likeness (QED) is 0.873. The van der Waals surface area contributed by atoms with Gasteiger partial charge in [-0.15, -0.1) is 0 Å². The maximum Gasteiger partial charge on any atom is 0.354 e. The second-order valence-electron chi connectivity index (χ2n) is 6.07. The van der Waals surface area contributed by atoms with Crippen molar-refractivity contribution in [2.75, 3.05) is 13.7 Å². The lowest BCUT2D eigenvalue weighted by Crippen LogP contribution is -2.30. The molecule has 6 heteroatoms. The van der Waals surface area contributed by atoms with Crippen LogP contribution in [-0.4, -0.2) is 34.7 Å². The monoisotopic (exact) mass is 279 g/mol. The molecule has 6 nitrogen and oxygen atoms in total. The molecule has 1 aliphatic heterocycles. The summed E-state index contributed by atoms with van der Waals surface area (Å²) in [6, 6.07) is 0. The van der Waals surface area contributed by atoms with Gasteiger partial charge < -0.3 is 15.2 Å². The molecule has 1 unspecified atom stereocenters. The number of rotatable bonds is 3. The molecule has 0 aromatic carbocycles. The van der Waals surface area contributed by atoms with Crippen LogP contribution in [0.3, 0.4) is 0 Å². The van der Waals surface area contributed by atoms with Gasteiger partial charge in [0.05, 0.1) is 5.69 Å². The summed E-state index contributed by atoms with van der Waals surface area (Å²) in [5.74, 6) is -0.560. The zero-order chi connectivity index (χ0) is 14.9. The lowest BCUT2D eigenvalue weighted by molar-refractivity contribution is 0.00814.